The smallest absolute Gasteiger partial charge is 0.196 e. The number of halogens is 1. The molecule has 4 rings (SSSR count). The van der Waals surface area contributed by atoms with E-state index in [9.17, 15) is 0 Å². The van der Waals surface area contributed by atoms with Crippen LogP contribution in [0.1, 0.15) is 5.56 Å². The van der Waals surface area contributed by atoms with Crippen LogP contribution in [0.3, 0.4) is 0 Å². The molecule has 0 atom stereocenters. The highest BCUT2D eigenvalue weighted by atomic mass is 35.5. The standard InChI is InChI=1S/C23H20ClN3O2S/c1-28-20-11-3-16(4-12-20)15-30-23-26-25-22(17-5-13-21(29-2)14-6-17)27(23)19-9-7-18(24)8-10-19/h3-14H,15H2,1-2H3. The third-order valence-electron chi connectivity index (χ3n) is 4.59. The average molecular weight is 438 g/mol. The maximum atomic E-state index is 6.10. The quantitative estimate of drug-likeness (QED) is 0.337. The fourth-order valence-electron chi connectivity index (χ4n) is 2.98. The predicted octanol–water partition coefficient (Wildman–Crippen LogP) is 5.90. The Labute approximate surface area is 184 Å². The summed E-state index contributed by atoms with van der Waals surface area (Å²) in [5, 5.41) is 10.4. The minimum Gasteiger partial charge on any atom is -0.497 e. The van der Waals surface area contributed by atoms with Gasteiger partial charge in [-0.05, 0) is 66.2 Å². The first-order chi connectivity index (χ1) is 14.7. The highest BCUT2D eigenvalue weighted by Crippen LogP contribution is 2.31. The summed E-state index contributed by atoms with van der Waals surface area (Å²) in [6.07, 6.45) is 0. The van der Waals surface area contributed by atoms with Crippen molar-refractivity contribution < 1.29 is 9.47 Å². The maximum Gasteiger partial charge on any atom is 0.196 e. The van der Waals surface area contributed by atoms with Gasteiger partial charge in [0.2, 0.25) is 0 Å². The van der Waals surface area contributed by atoms with E-state index in [1.807, 2.05) is 65.2 Å². The van der Waals surface area contributed by atoms with E-state index in [-0.39, 0.29) is 0 Å². The third kappa shape index (κ3) is 4.45. The Morgan fingerprint density at radius 3 is 2.00 bits per heavy atom. The van der Waals surface area contributed by atoms with Gasteiger partial charge in [0, 0.05) is 22.0 Å². The van der Waals surface area contributed by atoms with Crippen LogP contribution in [0.4, 0.5) is 0 Å². The van der Waals surface area contributed by atoms with Gasteiger partial charge >= 0.3 is 0 Å². The summed E-state index contributed by atoms with van der Waals surface area (Å²) < 4.78 is 12.6. The fourth-order valence-corrected chi connectivity index (χ4v) is 4.02. The van der Waals surface area contributed by atoms with Crippen LogP contribution >= 0.6 is 23.4 Å². The summed E-state index contributed by atoms with van der Waals surface area (Å²) in [5.41, 5.74) is 3.08. The van der Waals surface area contributed by atoms with Gasteiger partial charge in [0.1, 0.15) is 11.5 Å². The summed E-state index contributed by atoms with van der Waals surface area (Å²) >= 11 is 7.73. The Morgan fingerprint density at radius 2 is 1.40 bits per heavy atom. The zero-order chi connectivity index (χ0) is 20.9. The predicted molar refractivity (Wildman–Crippen MR) is 121 cm³/mol. The van der Waals surface area contributed by atoms with Crippen LogP contribution in [0.25, 0.3) is 17.1 Å². The van der Waals surface area contributed by atoms with E-state index in [0.29, 0.717) is 5.02 Å². The number of ether oxygens (including phenoxy) is 2. The first-order valence-corrected chi connectivity index (χ1v) is 10.7. The van der Waals surface area contributed by atoms with Gasteiger partial charge in [0.15, 0.2) is 11.0 Å². The largest absolute Gasteiger partial charge is 0.497 e. The van der Waals surface area contributed by atoms with Gasteiger partial charge in [-0.1, -0.05) is 35.5 Å². The number of methoxy groups -OCH3 is 2. The summed E-state index contributed by atoms with van der Waals surface area (Å²) in [7, 11) is 3.32. The SMILES string of the molecule is COc1ccc(CSc2nnc(-c3ccc(OC)cc3)n2-c2ccc(Cl)cc2)cc1. The number of hydrogen-bond acceptors (Lipinski definition) is 5. The molecule has 0 amide bonds. The van der Waals surface area contributed by atoms with E-state index in [4.69, 9.17) is 21.1 Å². The van der Waals surface area contributed by atoms with Crippen molar-refractivity contribution >= 4 is 23.4 Å². The molecular weight excluding hydrogens is 418 g/mol. The lowest BCUT2D eigenvalue weighted by atomic mass is 10.2. The second kappa shape index (κ2) is 9.24. The summed E-state index contributed by atoms with van der Waals surface area (Å²) in [6.45, 7) is 0. The summed E-state index contributed by atoms with van der Waals surface area (Å²) in [4.78, 5) is 0. The van der Waals surface area contributed by atoms with Gasteiger partial charge in [0.05, 0.1) is 14.2 Å². The van der Waals surface area contributed by atoms with Crippen molar-refractivity contribution in [1.82, 2.24) is 14.8 Å². The molecule has 0 aliphatic carbocycles. The van der Waals surface area contributed by atoms with E-state index in [0.717, 1.165) is 39.5 Å². The Balaban J connectivity index is 1.68. The molecule has 0 unspecified atom stereocenters. The minimum atomic E-state index is 0.685. The Morgan fingerprint density at radius 1 is 0.800 bits per heavy atom. The molecule has 4 aromatic rings. The van der Waals surface area contributed by atoms with Gasteiger partial charge in [-0.15, -0.1) is 10.2 Å². The molecule has 0 saturated heterocycles. The van der Waals surface area contributed by atoms with Crippen LogP contribution in [0.2, 0.25) is 5.02 Å². The van der Waals surface area contributed by atoms with E-state index in [1.165, 1.54) is 5.56 Å². The van der Waals surface area contributed by atoms with Crippen LogP contribution in [0, 0.1) is 0 Å². The summed E-state index contributed by atoms with van der Waals surface area (Å²) in [5.74, 6) is 3.16. The maximum absolute atomic E-state index is 6.10. The molecule has 0 spiro atoms. The highest BCUT2D eigenvalue weighted by Gasteiger charge is 2.16. The molecule has 0 fully saturated rings. The zero-order valence-corrected chi connectivity index (χ0v) is 18.2. The first kappa shape index (κ1) is 20.3. The molecule has 0 bridgehead atoms. The minimum absolute atomic E-state index is 0.685. The number of aromatic nitrogens is 3. The van der Waals surface area contributed by atoms with Crippen LogP contribution < -0.4 is 9.47 Å². The fraction of sp³-hybridized carbons (Fsp3) is 0.130. The number of rotatable bonds is 7. The molecule has 5 nitrogen and oxygen atoms in total. The van der Waals surface area contributed by atoms with Crippen molar-refractivity contribution in [2.45, 2.75) is 10.9 Å². The van der Waals surface area contributed by atoms with Crippen molar-refractivity contribution in [2.24, 2.45) is 0 Å². The van der Waals surface area contributed by atoms with Crippen molar-refractivity contribution in [3.8, 4) is 28.6 Å². The van der Waals surface area contributed by atoms with Crippen LogP contribution in [0.5, 0.6) is 11.5 Å². The molecule has 0 saturated carbocycles. The Bertz CT molecular complexity index is 1110. The van der Waals surface area contributed by atoms with Crippen molar-refractivity contribution in [1.29, 1.82) is 0 Å². The van der Waals surface area contributed by atoms with Gasteiger partial charge in [-0.25, -0.2) is 0 Å². The molecule has 7 heteroatoms. The molecule has 1 aromatic heterocycles. The van der Waals surface area contributed by atoms with Crippen LogP contribution in [0.15, 0.2) is 78.0 Å². The molecule has 0 radical (unpaired) electrons. The van der Waals surface area contributed by atoms with E-state index >= 15 is 0 Å². The van der Waals surface area contributed by atoms with Gasteiger partial charge in [-0.3, -0.25) is 4.57 Å². The van der Waals surface area contributed by atoms with Crippen LogP contribution in [-0.4, -0.2) is 29.0 Å². The third-order valence-corrected chi connectivity index (χ3v) is 5.85. The van der Waals surface area contributed by atoms with Crippen LogP contribution in [-0.2, 0) is 5.75 Å². The molecule has 0 N–H and O–H groups in total. The monoisotopic (exact) mass is 437 g/mol. The van der Waals surface area contributed by atoms with Crippen molar-refractivity contribution in [2.75, 3.05) is 14.2 Å². The molecule has 0 aliphatic heterocycles. The topological polar surface area (TPSA) is 49.2 Å². The van der Waals surface area contributed by atoms with Crippen molar-refractivity contribution in [3.63, 3.8) is 0 Å². The molecule has 3 aromatic carbocycles. The zero-order valence-electron chi connectivity index (χ0n) is 16.6. The van der Waals surface area contributed by atoms with E-state index in [2.05, 4.69) is 22.3 Å². The number of thioether (sulfide) groups is 1. The summed E-state index contributed by atoms with van der Waals surface area (Å²) in [6, 6.07) is 23.5. The lowest BCUT2D eigenvalue weighted by molar-refractivity contribution is 0.414. The number of nitrogens with zero attached hydrogens (tertiary/aromatic N) is 3. The molecule has 30 heavy (non-hydrogen) atoms. The normalized spacial score (nSPS) is 10.8. The second-order valence-electron chi connectivity index (χ2n) is 6.48. The van der Waals surface area contributed by atoms with Crippen molar-refractivity contribution in [3.05, 3.63) is 83.4 Å². The Kier molecular flexibility index (Phi) is 6.26. The Hall–Kier alpha value is -2.96. The second-order valence-corrected chi connectivity index (χ2v) is 7.86. The lowest BCUT2D eigenvalue weighted by Crippen LogP contribution is -2.00. The molecule has 0 aliphatic rings. The lowest BCUT2D eigenvalue weighted by Gasteiger charge is -2.11. The van der Waals surface area contributed by atoms with Gasteiger partial charge in [-0.2, -0.15) is 0 Å². The van der Waals surface area contributed by atoms with E-state index in [1.54, 1.807) is 26.0 Å². The number of benzene rings is 3. The number of hydrogen-bond donors (Lipinski definition) is 0. The molecule has 1 heterocycles. The van der Waals surface area contributed by atoms with Gasteiger partial charge in [0.25, 0.3) is 0 Å². The highest BCUT2D eigenvalue weighted by molar-refractivity contribution is 7.98. The average Bonchev–Trinajstić information content (AvgIpc) is 3.22. The van der Waals surface area contributed by atoms with E-state index < -0.39 is 0 Å². The molecular formula is C23H20ClN3O2S. The first-order valence-electron chi connectivity index (χ1n) is 9.29. The van der Waals surface area contributed by atoms with Gasteiger partial charge < -0.3 is 9.47 Å². The molecule has 152 valence electrons.